The number of rotatable bonds is 7. The van der Waals surface area contributed by atoms with Gasteiger partial charge in [0.15, 0.2) is 0 Å². The molecule has 0 atom stereocenters. The maximum Gasteiger partial charge on any atom is 0.347 e. The summed E-state index contributed by atoms with van der Waals surface area (Å²) in [6.45, 7) is 1.95. The van der Waals surface area contributed by atoms with E-state index < -0.39 is 17.8 Å². The van der Waals surface area contributed by atoms with Gasteiger partial charge in [-0.1, -0.05) is 49.4 Å². The number of para-hydroxylation sites is 3. The number of hydrogen-bond acceptors (Lipinski definition) is 6. The number of nitrogens with one attached hydrogen (secondary N) is 2. The Kier molecular flexibility index (Phi) is 7.91. The Bertz CT molecular complexity index is 1190. The Morgan fingerprint density at radius 1 is 0.879 bits per heavy atom. The molecule has 168 valence electrons. The van der Waals surface area contributed by atoms with Gasteiger partial charge in [0.2, 0.25) is 0 Å². The second-order valence-corrected chi connectivity index (χ2v) is 6.79. The first-order valence-electron chi connectivity index (χ1n) is 10.2. The fourth-order valence-corrected chi connectivity index (χ4v) is 2.99. The van der Waals surface area contributed by atoms with Gasteiger partial charge < -0.3 is 14.8 Å². The van der Waals surface area contributed by atoms with Crippen LogP contribution in [0.25, 0.3) is 0 Å². The first kappa shape index (κ1) is 23.2. The molecule has 33 heavy (non-hydrogen) atoms. The van der Waals surface area contributed by atoms with Crippen LogP contribution in [-0.2, 0) is 16.0 Å². The number of nitrogens with zero attached hydrogens (tertiary/aromatic N) is 1. The molecule has 0 unspecified atom stereocenters. The van der Waals surface area contributed by atoms with E-state index in [1.807, 2.05) is 19.1 Å². The molecule has 0 heterocycles. The van der Waals surface area contributed by atoms with Gasteiger partial charge in [0, 0.05) is 11.3 Å². The van der Waals surface area contributed by atoms with Crippen LogP contribution in [0.15, 0.2) is 77.9 Å². The van der Waals surface area contributed by atoms with Gasteiger partial charge in [-0.15, -0.1) is 0 Å². The van der Waals surface area contributed by atoms with Crippen molar-refractivity contribution in [2.45, 2.75) is 13.3 Å². The molecule has 0 saturated carbocycles. The first-order valence-corrected chi connectivity index (χ1v) is 10.2. The van der Waals surface area contributed by atoms with Crippen LogP contribution in [0.2, 0.25) is 0 Å². The molecule has 0 aliphatic heterocycles. The summed E-state index contributed by atoms with van der Waals surface area (Å²) in [5.41, 5.74) is 4.35. The van der Waals surface area contributed by atoms with Crippen LogP contribution < -0.4 is 20.2 Å². The molecule has 2 amide bonds. The summed E-state index contributed by atoms with van der Waals surface area (Å²) < 4.78 is 10.7. The van der Waals surface area contributed by atoms with Gasteiger partial charge in [-0.25, -0.2) is 10.2 Å². The Balaban J connectivity index is 1.65. The molecule has 0 saturated heterocycles. The van der Waals surface area contributed by atoms with E-state index >= 15 is 0 Å². The van der Waals surface area contributed by atoms with Gasteiger partial charge in [-0.3, -0.25) is 9.59 Å². The predicted octanol–water partition coefficient (Wildman–Crippen LogP) is 3.57. The maximum absolute atomic E-state index is 12.6. The summed E-state index contributed by atoms with van der Waals surface area (Å²) in [6, 6.07) is 20.6. The summed E-state index contributed by atoms with van der Waals surface area (Å²) in [7, 11) is 1.46. The van der Waals surface area contributed by atoms with Crippen molar-refractivity contribution in [3.05, 3.63) is 89.5 Å². The summed E-state index contributed by atoms with van der Waals surface area (Å²) in [6.07, 6.45) is 2.00. The molecular formula is C25H23N3O5. The highest BCUT2D eigenvalue weighted by Crippen LogP contribution is 2.22. The Morgan fingerprint density at radius 3 is 2.30 bits per heavy atom. The maximum atomic E-state index is 12.6. The van der Waals surface area contributed by atoms with Gasteiger partial charge in [0.25, 0.3) is 0 Å². The molecule has 0 aliphatic carbocycles. The first-order chi connectivity index (χ1) is 16.0. The minimum Gasteiger partial charge on any atom is -0.496 e. The zero-order chi connectivity index (χ0) is 23.6. The predicted molar refractivity (Wildman–Crippen MR) is 125 cm³/mol. The van der Waals surface area contributed by atoms with Crippen LogP contribution in [0, 0.1) is 0 Å². The van der Waals surface area contributed by atoms with Crippen molar-refractivity contribution >= 4 is 29.7 Å². The fourth-order valence-electron chi connectivity index (χ4n) is 2.99. The molecule has 0 aliphatic rings. The standard InChI is InChI=1S/C25H23N3O5/c1-3-17-10-4-7-13-20(17)27-23(29)24(30)28-26-16-18-11-5-8-14-21(18)33-25(31)19-12-6-9-15-22(19)32-2/h4-16H,3H2,1-2H3,(H,27,29)(H,28,30)/b26-16+. The smallest absolute Gasteiger partial charge is 0.347 e. The summed E-state index contributed by atoms with van der Waals surface area (Å²) in [4.78, 5) is 36.9. The van der Waals surface area contributed by atoms with E-state index in [1.54, 1.807) is 60.7 Å². The molecule has 8 heteroatoms. The average Bonchev–Trinajstić information content (AvgIpc) is 2.85. The number of carbonyl (C=O) groups excluding carboxylic acids is 3. The topological polar surface area (TPSA) is 106 Å². The number of carbonyl (C=O) groups is 3. The molecule has 0 bridgehead atoms. The fraction of sp³-hybridized carbons (Fsp3) is 0.120. The average molecular weight is 445 g/mol. The summed E-state index contributed by atoms with van der Waals surface area (Å²) >= 11 is 0. The van der Waals surface area contributed by atoms with Crippen molar-refractivity contribution in [1.82, 2.24) is 5.43 Å². The Labute approximate surface area is 191 Å². The van der Waals surface area contributed by atoms with Crippen LogP contribution in [-0.4, -0.2) is 31.1 Å². The van der Waals surface area contributed by atoms with Crippen LogP contribution in [0.5, 0.6) is 11.5 Å². The van der Waals surface area contributed by atoms with Crippen molar-refractivity contribution in [3.8, 4) is 11.5 Å². The Hall–Kier alpha value is -4.46. The van der Waals surface area contributed by atoms with Crippen molar-refractivity contribution < 1.29 is 23.9 Å². The molecule has 8 nitrogen and oxygen atoms in total. The van der Waals surface area contributed by atoms with E-state index in [1.165, 1.54) is 13.3 Å². The molecule has 0 spiro atoms. The number of hydrazone groups is 1. The molecule has 3 aromatic carbocycles. The number of methoxy groups -OCH3 is 1. The van der Waals surface area contributed by atoms with E-state index in [2.05, 4.69) is 15.8 Å². The van der Waals surface area contributed by atoms with Crippen molar-refractivity contribution in [3.63, 3.8) is 0 Å². The van der Waals surface area contributed by atoms with E-state index in [4.69, 9.17) is 9.47 Å². The van der Waals surface area contributed by atoms with E-state index in [-0.39, 0.29) is 11.3 Å². The van der Waals surface area contributed by atoms with Crippen molar-refractivity contribution in [1.29, 1.82) is 0 Å². The summed E-state index contributed by atoms with van der Waals surface area (Å²) in [5.74, 6) is -1.76. The minimum atomic E-state index is -0.930. The quantitative estimate of drug-likeness (QED) is 0.190. The lowest BCUT2D eigenvalue weighted by atomic mass is 10.1. The third-order valence-electron chi connectivity index (χ3n) is 4.67. The Morgan fingerprint density at radius 2 is 1.55 bits per heavy atom. The third-order valence-corrected chi connectivity index (χ3v) is 4.67. The lowest BCUT2D eigenvalue weighted by molar-refractivity contribution is -0.136. The van der Waals surface area contributed by atoms with Crippen molar-refractivity contribution in [2.24, 2.45) is 5.10 Å². The minimum absolute atomic E-state index is 0.229. The number of benzene rings is 3. The van der Waals surface area contributed by atoms with Crippen LogP contribution in [0.3, 0.4) is 0 Å². The van der Waals surface area contributed by atoms with Gasteiger partial charge in [0.05, 0.1) is 13.3 Å². The second-order valence-electron chi connectivity index (χ2n) is 6.79. The van der Waals surface area contributed by atoms with Gasteiger partial charge in [-0.05, 0) is 42.3 Å². The molecule has 3 rings (SSSR count). The van der Waals surface area contributed by atoms with Crippen LogP contribution >= 0.6 is 0 Å². The van der Waals surface area contributed by atoms with E-state index in [9.17, 15) is 14.4 Å². The number of amides is 2. The molecule has 2 N–H and O–H groups in total. The van der Waals surface area contributed by atoms with Crippen LogP contribution in [0.1, 0.15) is 28.4 Å². The number of esters is 1. The lowest BCUT2D eigenvalue weighted by Gasteiger charge is -2.10. The molecule has 3 aromatic rings. The highest BCUT2D eigenvalue weighted by atomic mass is 16.5. The number of anilines is 1. The summed E-state index contributed by atoms with van der Waals surface area (Å²) in [5, 5.41) is 6.39. The molecular weight excluding hydrogens is 422 g/mol. The monoisotopic (exact) mass is 445 g/mol. The van der Waals surface area contributed by atoms with Gasteiger partial charge in [0.1, 0.15) is 17.1 Å². The third kappa shape index (κ3) is 6.04. The number of ether oxygens (including phenoxy) is 2. The van der Waals surface area contributed by atoms with Crippen molar-refractivity contribution in [2.75, 3.05) is 12.4 Å². The van der Waals surface area contributed by atoms with E-state index in [0.29, 0.717) is 23.4 Å². The highest BCUT2D eigenvalue weighted by Gasteiger charge is 2.16. The molecule has 0 aromatic heterocycles. The number of aryl methyl sites for hydroxylation is 1. The molecule has 0 fully saturated rings. The SMILES string of the molecule is CCc1ccccc1NC(=O)C(=O)N/N=C/c1ccccc1OC(=O)c1ccccc1OC. The van der Waals surface area contributed by atoms with Gasteiger partial charge in [-0.2, -0.15) is 5.10 Å². The van der Waals surface area contributed by atoms with Crippen LogP contribution in [0.4, 0.5) is 5.69 Å². The van der Waals surface area contributed by atoms with Gasteiger partial charge >= 0.3 is 17.8 Å². The normalized spacial score (nSPS) is 10.5. The number of hydrogen-bond donors (Lipinski definition) is 2. The zero-order valence-corrected chi connectivity index (χ0v) is 18.2. The highest BCUT2D eigenvalue weighted by molar-refractivity contribution is 6.39. The largest absolute Gasteiger partial charge is 0.496 e. The second kappa shape index (κ2) is 11.2. The van der Waals surface area contributed by atoms with E-state index in [0.717, 1.165) is 5.56 Å². The lowest BCUT2D eigenvalue weighted by Crippen LogP contribution is -2.32. The molecule has 0 radical (unpaired) electrons. The zero-order valence-electron chi connectivity index (χ0n) is 18.2.